The average molecular weight is 214 g/mol. The summed E-state index contributed by atoms with van der Waals surface area (Å²) in [4.78, 5) is 0. The van der Waals surface area contributed by atoms with Crippen molar-refractivity contribution in [3.05, 3.63) is 34.9 Å². The van der Waals surface area contributed by atoms with Crippen LogP contribution in [0.2, 0.25) is 5.02 Å². The second-order valence-electron chi connectivity index (χ2n) is 3.86. The predicted octanol–water partition coefficient (Wildman–Crippen LogP) is 2.25. The van der Waals surface area contributed by atoms with Crippen molar-refractivity contribution in [3.63, 3.8) is 0 Å². The molecule has 0 saturated carbocycles. The molecule has 2 nitrogen and oxygen atoms in total. The second-order valence-corrected chi connectivity index (χ2v) is 4.26. The van der Waals surface area contributed by atoms with E-state index in [2.05, 4.69) is 0 Å². The van der Waals surface area contributed by atoms with Crippen LogP contribution in [0.1, 0.15) is 12.5 Å². The lowest BCUT2D eigenvalue weighted by atomic mass is 9.95. The third-order valence-corrected chi connectivity index (χ3v) is 2.39. The van der Waals surface area contributed by atoms with Crippen molar-refractivity contribution >= 4 is 11.6 Å². The molecular formula is C11H16ClNO. The zero-order chi connectivity index (χ0) is 10.6. The topological polar surface area (TPSA) is 35.2 Å². The van der Waals surface area contributed by atoms with E-state index in [0.29, 0.717) is 6.61 Å². The van der Waals surface area contributed by atoms with E-state index in [1.54, 1.807) is 7.11 Å². The van der Waals surface area contributed by atoms with Gasteiger partial charge in [-0.15, -0.1) is 0 Å². The molecule has 78 valence electrons. The third-order valence-electron chi connectivity index (χ3n) is 2.03. The van der Waals surface area contributed by atoms with E-state index in [4.69, 9.17) is 22.1 Å². The summed E-state index contributed by atoms with van der Waals surface area (Å²) in [5.41, 5.74) is 6.75. The molecule has 0 aliphatic carbocycles. The molecule has 0 amide bonds. The molecule has 1 unspecified atom stereocenters. The van der Waals surface area contributed by atoms with Crippen LogP contribution in [0.15, 0.2) is 24.3 Å². The first-order valence-corrected chi connectivity index (χ1v) is 4.94. The van der Waals surface area contributed by atoms with Gasteiger partial charge in [0.25, 0.3) is 0 Å². The number of halogens is 1. The molecule has 0 radical (unpaired) electrons. The van der Waals surface area contributed by atoms with Crippen LogP contribution in [0.4, 0.5) is 0 Å². The van der Waals surface area contributed by atoms with Gasteiger partial charge in [-0.05, 0) is 25.0 Å². The molecule has 0 spiro atoms. The van der Waals surface area contributed by atoms with Crippen molar-refractivity contribution in [2.45, 2.75) is 18.9 Å². The van der Waals surface area contributed by atoms with Crippen molar-refractivity contribution in [1.29, 1.82) is 0 Å². The normalized spacial score (nSPS) is 15.1. The van der Waals surface area contributed by atoms with Crippen molar-refractivity contribution < 1.29 is 4.74 Å². The summed E-state index contributed by atoms with van der Waals surface area (Å²) in [5, 5.41) is 0.764. The number of ether oxygens (including phenoxy) is 1. The molecule has 0 fully saturated rings. The van der Waals surface area contributed by atoms with Gasteiger partial charge in [0.1, 0.15) is 0 Å². The smallest absolute Gasteiger partial charge is 0.0642 e. The summed E-state index contributed by atoms with van der Waals surface area (Å²) >= 11 is 6.03. The van der Waals surface area contributed by atoms with Crippen LogP contribution in [0.5, 0.6) is 0 Å². The fraction of sp³-hybridized carbons (Fsp3) is 0.455. The first-order valence-electron chi connectivity index (χ1n) is 4.56. The van der Waals surface area contributed by atoms with E-state index < -0.39 is 0 Å². The molecule has 0 aromatic heterocycles. The Morgan fingerprint density at radius 2 is 2.07 bits per heavy atom. The lowest BCUT2D eigenvalue weighted by Crippen LogP contribution is -2.43. The second kappa shape index (κ2) is 4.78. The number of hydrogen-bond donors (Lipinski definition) is 1. The van der Waals surface area contributed by atoms with Gasteiger partial charge in [-0.2, -0.15) is 0 Å². The van der Waals surface area contributed by atoms with E-state index in [9.17, 15) is 0 Å². The molecular weight excluding hydrogens is 198 g/mol. The van der Waals surface area contributed by atoms with Gasteiger partial charge in [0.15, 0.2) is 0 Å². The van der Waals surface area contributed by atoms with Gasteiger partial charge in [0.05, 0.1) is 6.61 Å². The molecule has 0 aliphatic heterocycles. The minimum Gasteiger partial charge on any atom is -0.383 e. The maximum absolute atomic E-state index is 6.04. The predicted molar refractivity (Wildman–Crippen MR) is 59.6 cm³/mol. The summed E-state index contributed by atoms with van der Waals surface area (Å²) in [5.74, 6) is 0. The summed E-state index contributed by atoms with van der Waals surface area (Å²) in [6.45, 7) is 2.48. The van der Waals surface area contributed by atoms with Gasteiger partial charge in [-0.3, -0.25) is 0 Å². The van der Waals surface area contributed by atoms with Crippen LogP contribution >= 0.6 is 11.6 Å². The SMILES string of the molecule is COCC(C)(N)Cc1ccccc1Cl. The lowest BCUT2D eigenvalue weighted by Gasteiger charge is -2.24. The number of nitrogens with two attached hydrogens (primary N) is 1. The van der Waals surface area contributed by atoms with Crippen LogP contribution in [0.25, 0.3) is 0 Å². The van der Waals surface area contributed by atoms with E-state index in [-0.39, 0.29) is 5.54 Å². The zero-order valence-electron chi connectivity index (χ0n) is 8.59. The molecule has 2 N–H and O–H groups in total. The standard InChI is InChI=1S/C11H16ClNO/c1-11(13,8-14-2)7-9-5-3-4-6-10(9)12/h3-6H,7-8,13H2,1-2H3. The van der Waals surface area contributed by atoms with Gasteiger partial charge in [0.2, 0.25) is 0 Å². The minimum atomic E-state index is -0.361. The molecule has 0 saturated heterocycles. The molecule has 1 atom stereocenters. The van der Waals surface area contributed by atoms with Crippen LogP contribution < -0.4 is 5.73 Å². The van der Waals surface area contributed by atoms with E-state index in [1.807, 2.05) is 31.2 Å². The third kappa shape index (κ3) is 3.29. The van der Waals surface area contributed by atoms with Crippen LogP contribution in [-0.2, 0) is 11.2 Å². The van der Waals surface area contributed by atoms with E-state index in [1.165, 1.54) is 0 Å². The maximum Gasteiger partial charge on any atom is 0.0642 e. The number of hydrogen-bond acceptors (Lipinski definition) is 2. The molecule has 1 rings (SSSR count). The maximum atomic E-state index is 6.04. The zero-order valence-corrected chi connectivity index (χ0v) is 9.34. The fourth-order valence-electron chi connectivity index (χ4n) is 1.46. The van der Waals surface area contributed by atoms with E-state index in [0.717, 1.165) is 17.0 Å². The first kappa shape index (κ1) is 11.5. The Morgan fingerprint density at radius 3 is 2.64 bits per heavy atom. The Morgan fingerprint density at radius 1 is 1.43 bits per heavy atom. The molecule has 0 aliphatic rings. The first-order chi connectivity index (χ1) is 6.55. The van der Waals surface area contributed by atoms with Crippen molar-refractivity contribution in [3.8, 4) is 0 Å². The van der Waals surface area contributed by atoms with Crippen LogP contribution in [0.3, 0.4) is 0 Å². The molecule has 3 heteroatoms. The van der Waals surface area contributed by atoms with Crippen molar-refractivity contribution in [2.24, 2.45) is 5.73 Å². The van der Waals surface area contributed by atoms with Crippen LogP contribution in [-0.4, -0.2) is 19.3 Å². The fourth-order valence-corrected chi connectivity index (χ4v) is 1.66. The molecule has 14 heavy (non-hydrogen) atoms. The highest BCUT2D eigenvalue weighted by atomic mass is 35.5. The highest BCUT2D eigenvalue weighted by Crippen LogP contribution is 2.19. The molecule has 1 aromatic carbocycles. The summed E-state index contributed by atoms with van der Waals surface area (Å²) < 4.78 is 5.05. The van der Waals surface area contributed by atoms with Crippen molar-refractivity contribution in [2.75, 3.05) is 13.7 Å². The van der Waals surface area contributed by atoms with Gasteiger partial charge >= 0.3 is 0 Å². The minimum absolute atomic E-state index is 0.361. The monoisotopic (exact) mass is 213 g/mol. The van der Waals surface area contributed by atoms with Gasteiger partial charge in [-0.25, -0.2) is 0 Å². The summed E-state index contributed by atoms with van der Waals surface area (Å²) in [6, 6.07) is 7.74. The Hall–Kier alpha value is -0.570. The quantitative estimate of drug-likeness (QED) is 0.833. The Balaban J connectivity index is 2.73. The molecule has 0 heterocycles. The molecule has 0 bridgehead atoms. The largest absolute Gasteiger partial charge is 0.383 e. The number of rotatable bonds is 4. The lowest BCUT2D eigenvalue weighted by molar-refractivity contribution is 0.141. The average Bonchev–Trinajstić information content (AvgIpc) is 2.08. The highest BCUT2D eigenvalue weighted by molar-refractivity contribution is 6.31. The van der Waals surface area contributed by atoms with Gasteiger partial charge in [0, 0.05) is 17.7 Å². The van der Waals surface area contributed by atoms with Gasteiger partial charge in [-0.1, -0.05) is 29.8 Å². The summed E-state index contributed by atoms with van der Waals surface area (Å²) in [6.07, 6.45) is 0.723. The number of benzene rings is 1. The van der Waals surface area contributed by atoms with Crippen molar-refractivity contribution in [1.82, 2.24) is 0 Å². The molecule has 1 aromatic rings. The Labute approximate surface area is 90.0 Å². The van der Waals surface area contributed by atoms with E-state index >= 15 is 0 Å². The summed E-state index contributed by atoms with van der Waals surface area (Å²) in [7, 11) is 1.65. The Kier molecular flexibility index (Phi) is 3.93. The Bertz CT molecular complexity index is 299. The number of methoxy groups -OCH3 is 1. The van der Waals surface area contributed by atoms with Crippen LogP contribution in [0, 0.1) is 0 Å². The highest BCUT2D eigenvalue weighted by Gasteiger charge is 2.19. The van der Waals surface area contributed by atoms with Gasteiger partial charge < -0.3 is 10.5 Å².